The number of aliphatic hydroxyl groups excluding tert-OH is 2. The van der Waals surface area contributed by atoms with Crippen molar-refractivity contribution in [1.29, 1.82) is 0 Å². The number of fused-ring (bicyclic) bond motifs is 1. The van der Waals surface area contributed by atoms with E-state index in [9.17, 15) is 15.0 Å². The predicted molar refractivity (Wildman–Crippen MR) is 72.1 cm³/mol. The number of nitrogens with two attached hydrogens (primary N) is 2. The highest BCUT2D eigenvalue weighted by Crippen LogP contribution is 2.34. The second-order valence-corrected chi connectivity index (χ2v) is 4.98. The van der Waals surface area contributed by atoms with Gasteiger partial charge in [-0.2, -0.15) is 0 Å². The number of aromatic nitrogens is 3. The number of aliphatic hydroxyl groups is 2. The second-order valence-electron chi connectivity index (χ2n) is 4.98. The standard InChI is InChI=1S/C12H15N5O4/c1-4-7(18)8(19)12(21-4)17-2-5(10(14)20)6-9(13)15-3-16-11(6)17/h2-4,7-8,12,18-19H,1H3,(H2,14,20)(H2,13,15,16)/t4-,7-,8+,12-/m1/s1. The molecule has 3 rings (SSSR count). The van der Waals surface area contributed by atoms with Gasteiger partial charge in [0.25, 0.3) is 5.91 Å². The molecule has 0 radical (unpaired) electrons. The second kappa shape index (κ2) is 4.65. The molecule has 9 heteroatoms. The molecule has 6 N–H and O–H groups in total. The molecule has 0 aliphatic carbocycles. The first-order chi connectivity index (χ1) is 9.91. The minimum Gasteiger partial charge on any atom is -0.388 e. The average molecular weight is 293 g/mol. The van der Waals surface area contributed by atoms with Crippen molar-refractivity contribution in [3.8, 4) is 0 Å². The molecule has 1 amide bonds. The van der Waals surface area contributed by atoms with Crippen LogP contribution in [-0.2, 0) is 4.74 Å². The molecule has 21 heavy (non-hydrogen) atoms. The molecule has 0 bridgehead atoms. The number of anilines is 1. The summed E-state index contributed by atoms with van der Waals surface area (Å²) in [6, 6.07) is 0. The summed E-state index contributed by atoms with van der Waals surface area (Å²) in [7, 11) is 0. The molecule has 1 aliphatic heterocycles. The Morgan fingerprint density at radius 3 is 2.67 bits per heavy atom. The summed E-state index contributed by atoms with van der Waals surface area (Å²) in [5.74, 6) is -0.588. The van der Waals surface area contributed by atoms with Gasteiger partial charge in [-0.1, -0.05) is 0 Å². The summed E-state index contributed by atoms with van der Waals surface area (Å²) in [6.45, 7) is 1.64. The Kier molecular flexibility index (Phi) is 3.04. The third-order valence-corrected chi connectivity index (χ3v) is 3.66. The van der Waals surface area contributed by atoms with Crippen molar-refractivity contribution in [2.24, 2.45) is 5.73 Å². The Morgan fingerprint density at radius 2 is 2.10 bits per heavy atom. The van der Waals surface area contributed by atoms with Crippen molar-refractivity contribution in [1.82, 2.24) is 14.5 Å². The van der Waals surface area contributed by atoms with E-state index >= 15 is 0 Å². The van der Waals surface area contributed by atoms with Gasteiger partial charge in [-0.25, -0.2) is 9.97 Å². The normalized spacial score (nSPS) is 29.1. The van der Waals surface area contributed by atoms with E-state index in [-0.39, 0.29) is 11.4 Å². The molecule has 0 aromatic carbocycles. The predicted octanol–water partition coefficient (Wildman–Crippen LogP) is -1.25. The van der Waals surface area contributed by atoms with E-state index in [1.807, 2.05) is 0 Å². The van der Waals surface area contributed by atoms with Crippen LogP contribution in [0.25, 0.3) is 11.0 Å². The van der Waals surface area contributed by atoms with Crippen LogP contribution in [0.1, 0.15) is 23.5 Å². The number of hydrogen-bond acceptors (Lipinski definition) is 7. The fourth-order valence-electron chi connectivity index (χ4n) is 2.55. The van der Waals surface area contributed by atoms with Crippen molar-refractivity contribution in [2.75, 3.05) is 5.73 Å². The van der Waals surface area contributed by atoms with E-state index in [1.165, 1.54) is 17.1 Å². The van der Waals surface area contributed by atoms with Gasteiger partial charge in [-0.15, -0.1) is 0 Å². The van der Waals surface area contributed by atoms with E-state index in [0.717, 1.165) is 0 Å². The zero-order chi connectivity index (χ0) is 15.3. The first kappa shape index (κ1) is 13.7. The summed E-state index contributed by atoms with van der Waals surface area (Å²) < 4.78 is 6.96. The van der Waals surface area contributed by atoms with Gasteiger partial charge < -0.3 is 31.0 Å². The molecule has 4 atom stereocenters. The highest BCUT2D eigenvalue weighted by atomic mass is 16.6. The van der Waals surface area contributed by atoms with Crippen molar-refractivity contribution in [2.45, 2.75) is 31.5 Å². The van der Waals surface area contributed by atoms with Gasteiger partial charge in [0.2, 0.25) is 0 Å². The lowest BCUT2D eigenvalue weighted by Crippen LogP contribution is -2.30. The average Bonchev–Trinajstić information content (AvgIpc) is 2.94. The van der Waals surface area contributed by atoms with Crippen LogP contribution < -0.4 is 11.5 Å². The topological polar surface area (TPSA) is 150 Å². The Bertz CT molecular complexity index is 715. The summed E-state index contributed by atoms with van der Waals surface area (Å²) >= 11 is 0. The number of nitrogens with zero attached hydrogens (tertiary/aromatic N) is 3. The molecule has 9 nitrogen and oxygen atoms in total. The first-order valence-corrected chi connectivity index (χ1v) is 6.34. The number of amides is 1. The molecule has 2 aromatic rings. The lowest BCUT2D eigenvalue weighted by atomic mass is 10.1. The van der Waals surface area contributed by atoms with Crippen LogP contribution in [0.4, 0.5) is 5.82 Å². The smallest absolute Gasteiger partial charge is 0.251 e. The van der Waals surface area contributed by atoms with Crippen molar-refractivity contribution < 1.29 is 19.7 Å². The van der Waals surface area contributed by atoms with Gasteiger partial charge in [0.05, 0.1) is 17.1 Å². The maximum Gasteiger partial charge on any atom is 0.251 e. The molecule has 1 fully saturated rings. The number of nitrogen functional groups attached to an aromatic ring is 1. The SMILES string of the molecule is C[C@H]1O[C@@H](n2cc(C(N)=O)c3c(N)ncnc32)[C@@H](O)[C@@H]1O. The highest BCUT2D eigenvalue weighted by Gasteiger charge is 2.42. The van der Waals surface area contributed by atoms with Crippen LogP contribution in [0.3, 0.4) is 0 Å². The third-order valence-electron chi connectivity index (χ3n) is 3.66. The number of rotatable bonds is 2. The van der Waals surface area contributed by atoms with Gasteiger partial charge in [0.15, 0.2) is 6.23 Å². The molecule has 112 valence electrons. The third kappa shape index (κ3) is 1.94. The van der Waals surface area contributed by atoms with E-state index in [4.69, 9.17) is 16.2 Å². The maximum absolute atomic E-state index is 11.6. The molecular formula is C12H15N5O4. The zero-order valence-corrected chi connectivity index (χ0v) is 11.2. The fourth-order valence-corrected chi connectivity index (χ4v) is 2.55. The van der Waals surface area contributed by atoms with Gasteiger partial charge in [-0.3, -0.25) is 4.79 Å². The quantitative estimate of drug-likeness (QED) is 0.540. The van der Waals surface area contributed by atoms with Crippen LogP contribution in [0.15, 0.2) is 12.5 Å². The summed E-state index contributed by atoms with van der Waals surface area (Å²) in [4.78, 5) is 19.4. The number of carbonyl (C=O) groups excluding carboxylic acids is 1. The number of primary amides is 1. The lowest BCUT2D eigenvalue weighted by Gasteiger charge is -2.17. The van der Waals surface area contributed by atoms with Crippen LogP contribution in [0, 0.1) is 0 Å². The minimum atomic E-state index is -1.16. The molecule has 0 unspecified atom stereocenters. The summed E-state index contributed by atoms with van der Waals surface area (Å²) in [6.07, 6.45) is -1.01. The maximum atomic E-state index is 11.6. The van der Waals surface area contributed by atoms with E-state index < -0.39 is 30.4 Å². The molecule has 3 heterocycles. The molecule has 2 aromatic heterocycles. The number of carbonyl (C=O) groups is 1. The minimum absolute atomic E-state index is 0.105. The Balaban J connectivity index is 2.20. The van der Waals surface area contributed by atoms with Crippen molar-refractivity contribution >= 4 is 22.8 Å². The van der Waals surface area contributed by atoms with Gasteiger partial charge >= 0.3 is 0 Å². The highest BCUT2D eigenvalue weighted by molar-refractivity contribution is 6.08. The van der Waals surface area contributed by atoms with Gasteiger partial charge in [-0.05, 0) is 6.92 Å². The van der Waals surface area contributed by atoms with Gasteiger partial charge in [0.1, 0.15) is 30.0 Å². The molecule has 1 aliphatic rings. The Morgan fingerprint density at radius 1 is 1.38 bits per heavy atom. The van der Waals surface area contributed by atoms with E-state index in [2.05, 4.69) is 9.97 Å². The summed E-state index contributed by atoms with van der Waals surface area (Å²) in [5, 5.41) is 20.2. The molecule has 0 spiro atoms. The van der Waals surface area contributed by atoms with E-state index in [1.54, 1.807) is 6.92 Å². The number of ether oxygens (including phenoxy) is 1. The lowest BCUT2D eigenvalue weighted by molar-refractivity contribution is -0.0296. The summed E-state index contributed by atoms with van der Waals surface area (Å²) in [5.41, 5.74) is 11.5. The monoisotopic (exact) mass is 293 g/mol. The van der Waals surface area contributed by atoms with Crippen LogP contribution in [0.2, 0.25) is 0 Å². The van der Waals surface area contributed by atoms with Crippen LogP contribution >= 0.6 is 0 Å². The van der Waals surface area contributed by atoms with E-state index in [0.29, 0.717) is 11.0 Å². The van der Waals surface area contributed by atoms with Crippen molar-refractivity contribution in [3.05, 3.63) is 18.1 Å². The van der Waals surface area contributed by atoms with Gasteiger partial charge in [0, 0.05) is 6.20 Å². The Hall–Kier alpha value is -2.23. The van der Waals surface area contributed by atoms with Crippen LogP contribution in [-0.4, -0.2) is 49.0 Å². The molecule has 1 saturated heterocycles. The zero-order valence-electron chi connectivity index (χ0n) is 11.2. The fraction of sp³-hybridized carbons (Fsp3) is 0.417. The first-order valence-electron chi connectivity index (χ1n) is 6.34. The molecular weight excluding hydrogens is 278 g/mol. The molecule has 0 saturated carbocycles. The van der Waals surface area contributed by atoms with Crippen molar-refractivity contribution in [3.63, 3.8) is 0 Å². The number of hydrogen-bond donors (Lipinski definition) is 4. The Labute approximate surface area is 119 Å². The largest absolute Gasteiger partial charge is 0.388 e. The van der Waals surface area contributed by atoms with Crippen LogP contribution in [0.5, 0.6) is 0 Å².